The van der Waals surface area contributed by atoms with Gasteiger partial charge in [0.15, 0.2) is 0 Å². The zero-order chi connectivity index (χ0) is 13.5. The van der Waals surface area contributed by atoms with Crippen molar-refractivity contribution in [2.24, 2.45) is 5.92 Å². The van der Waals surface area contributed by atoms with Crippen LogP contribution in [0.15, 0.2) is 23.3 Å². The Bertz CT molecular complexity index is 338. The van der Waals surface area contributed by atoms with E-state index in [1.165, 1.54) is 18.3 Å². The highest BCUT2D eigenvalue weighted by Crippen LogP contribution is 2.29. The standard InChI is InChI=1S/C15H24O3/c1-11(2)6-5-7-12-8-9-13(15(16)18-4)14(10-12)17-3/h6,10,13-14H,5,7-9H2,1-4H3/t13-,14-/m0/s1. The Morgan fingerprint density at radius 2 is 2.17 bits per heavy atom. The molecular weight excluding hydrogens is 228 g/mol. The van der Waals surface area contributed by atoms with Crippen LogP contribution in [0.1, 0.15) is 39.5 Å². The SMILES string of the molecule is COC(=O)[C@H]1CCC(CCC=C(C)C)=C[C@@H]1OC. The fourth-order valence-electron chi connectivity index (χ4n) is 2.33. The van der Waals surface area contributed by atoms with Gasteiger partial charge >= 0.3 is 5.97 Å². The molecule has 0 amide bonds. The summed E-state index contributed by atoms with van der Waals surface area (Å²) in [6.07, 6.45) is 8.13. The molecule has 0 aliphatic heterocycles. The summed E-state index contributed by atoms with van der Waals surface area (Å²) < 4.78 is 10.2. The van der Waals surface area contributed by atoms with Crippen LogP contribution in [-0.2, 0) is 14.3 Å². The van der Waals surface area contributed by atoms with E-state index in [-0.39, 0.29) is 18.0 Å². The molecule has 0 aromatic carbocycles. The number of hydrogen-bond donors (Lipinski definition) is 0. The molecule has 0 spiro atoms. The highest BCUT2D eigenvalue weighted by atomic mass is 16.5. The molecule has 18 heavy (non-hydrogen) atoms. The second-order valence-corrected chi connectivity index (χ2v) is 5.01. The Morgan fingerprint density at radius 1 is 1.44 bits per heavy atom. The lowest BCUT2D eigenvalue weighted by Gasteiger charge is -2.27. The molecule has 0 N–H and O–H groups in total. The summed E-state index contributed by atoms with van der Waals surface area (Å²) in [5.74, 6) is -0.311. The number of methoxy groups -OCH3 is 2. The van der Waals surface area contributed by atoms with E-state index in [4.69, 9.17) is 9.47 Å². The van der Waals surface area contributed by atoms with Crippen molar-refractivity contribution < 1.29 is 14.3 Å². The molecule has 0 saturated heterocycles. The van der Waals surface area contributed by atoms with E-state index in [1.54, 1.807) is 7.11 Å². The summed E-state index contributed by atoms with van der Waals surface area (Å²) in [6.45, 7) is 4.22. The summed E-state index contributed by atoms with van der Waals surface area (Å²) in [5, 5.41) is 0. The number of ether oxygens (including phenoxy) is 2. The maximum Gasteiger partial charge on any atom is 0.311 e. The van der Waals surface area contributed by atoms with Gasteiger partial charge in [-0.3, -0.25) is 4.79 Å². The molecule has 0 bridgehead atoms. The van der Waals surface area contributed by atoms with Gasteiger partial charge in [-0.05, 0) is 39.5 Å². The van der Waals surface area contributed by atoms with Gasteiger partial charge in [0.2, 0.25) is 0 Å². The van der Waals surface area contributed by atoms with Crippen LogP contribution in [-0.4, -0.2) is 26.3 Å². The van der Waals surface area contributed by atoms with Gasteiger partial charge in [-0.25, -0.2) is 0 Å². The number of hydrogen-bond acceptors (Lipinski definition) is 3. The molecular formula is C15H24O3. The lowest BCUT2D eigenvalue weighted by molar-refractivity contribution is -0.149. The van der Waals surface area contributed by atoms with E-state index < -0.39 is 0 Å². The molecule has 0 radical (unpaired) electrons. The fourth-order valence-corrected chi connectivity index (χ4v) is 2.33. The van der Waals surface area contributed by atoms with Crippen molar-refractivity contribution in [3.05, 3.63) is 23.3 Å². The molecule has 0 saturated carbocycles. The lowest BCUT2D eigenvalue weighted by atomic mass is 9.85. The van der Waals surface area contributed by atoms with Gasteiger partial charge in [-0.15, -0.1) is 0 Å². The number of rotatable bonds is 5. The first-order valence-electron chi connectivity index (χ1n) is 6.52. The first kappa shape index (κ1) is 15.0. The van der Waals surface area contributed by atoms with Crippen LogP contribution in [0.4, 0.5) is 0 Å². The Balaban J connectivity index is 2.60. The van der Waals surface area contributed by atoms with Gasteiger partial charge in [0.1, 0.15) is 0 Å². The Labute approximate surface area is 110 Å². The van der Waals surface area contributed by atoms with Crippen LogP contribution in [0, 0.1) is 5.92 Å². The van der Waals surface area contributed by atoms with E-state index in [1.807, 2.05) is 0 Å². The molecule has 0 heterocycles. The predicted octanol–water partition coefficient (Wildman–Crippen LogP) is 3.26. The molecule has 2 atom stereocenters. The highest BCUT2D eigenvalue weighted by Gasteiger charge is 2.31. The Hall–Kier alpha value is -1.09. The minimum atomic E-state index is -0.165. The normalized spacial score (nSPS) is 23.2. The van der Waals surface area contributed by atoms with E-state index in [0.717, 1.165) is 25.7 Å². The van der Waals surface area contributed by atoms with Crippen LogP contribution in [0.2, 0.25) is 0 Å². The summed E-state index contributed by atoms with van der Waals surface area (Å²) in [5.41, 5.74) is 2.74. The third kappa shape index (κ3) is 4.30. The molecule has 1 rings (SSSR count). The monoisotopic (exact) mass is 252 g/mol. The third-order valence-electron chi connectivity index (χ3n) is 3.37. The topological polar surface area (TPSA) is 35.5 Å². The van der Waals surface area contributed by atoms with Crippen LogP contribution >= 0.6 is 0 Å². The van der Waals surface area contributed by atoms with Gasteiger partial charge in [0.25, 0.3) is 0 Å². The smallest absolute Gasteiger partial charge is 0.311 e. The Morgan fingerprint density at radius 3 is 2.72 bits per heavy atom. The van der Waals surface area contributed by atoms with E-state index in [9.17, 15) is 4.79 Å². The maximum atomic E-state index is 11.6. The average Bonchev–Trinajstić information content (AvgIpc) is 2.37. The second-order valence-electron chi connectivity index (χ2n) is 5.01. The van der Waals surface area contributed by atoms with Gasteiger partial charge in [0, 0.05) is 7.11 Å². The molecule has 3 heteroatoms. The second kappa shape index (κ2) is 7.37. The van der Waals surface area contributed by atoms with Crippen molar-refractivity contribution in [2.45, 2.75) is 45.6 Å². The molecule has 0 fully saturated rings. The number of allylic oxidation sites excluding steroid dienone is 3. The lowest BCUT2D eigenvalue weighted by Crippen LogP contribution is -2.32. The van der Waals surface area contributed by atoms with Crippen LogP contribution < -0.4 is 0 Å². The van der Waals surface area contributed by atoms with Crippen molar-refractivity contribution in [3.63, 3.8) is 0 Å². The summed E-state index contributed by atoms with van der Waals surface area (Å²) in [6, 6.07) is 0. The van der Waals surface area contributed by atoms with Crippen LogP contribution in [0.3, 0.4) is 0 Å². The van der Waals surface area contributed by atoms with Gasteiger partial charge in [-0.1, -0.05) is 23.3 Å². The molecule has 0 aromatic rings. The first-order valence-corrected chi connectivity index (χ1v) is 6.52. The minimum Gasteiger partial charge on any atom is -0.469 e. The van der Waals surface area contributed by atoms with Crippen LogP contribution in [0.25, 0.3) is 0 Å². The molecule has 0 aromatic heterocycles. The molecule has 1 aliphatic carbocycles. The maximum absolute atomic E-state index is 11.6. The van der Waals surface area contributed by atoms with Crippen molar-refractivity contribution >= 4 is 5.97 Å². The van der Waals surface area contributed by atoms with Crippen molar-refractivity contribution in [3.8, 4) is 0 Å². The quantitative estimate of drug-likeness (QED) is 0.556. The van der Waals surface area contributed by atoms with E-state index in [2.05, 4.69) is 26.0 Å². The van der Waals surface area contributed by atoms with Crippen molar-refractivity contribution in [2.75, 3.05) is 14.2 Å². The van der Waals surface area contributed by atoms with Gasteiger partial charge in [-0.2, -0.15) is 0 Å². The van der Waals surface area contributed by atoms with Crippen molar-refractivity contribution in [1.29, 1.82) is 0 Å². The minimum absolute atomic E-state index is 0.132. The Kier molecular flexibility index (Phi) is 6.13. The molecule has 0 unspecified atom stereocenters. The summed E-state index contributed by atoms with van der Waals surface area (Å²) >= 11 is 0. The molecule has 1 aliphatic rings. The number of esters is 1. The van der Waals surface area contributed by atoms with E-state index in [0.29, 0.717) is 0 Å². The molecule has 3 nitrogen and oxygen atoms in total. The fraction of sp³-hybridized carbons (Fsp3) is 0.667. The van der Waals surface area contributed by atoms with Gasteiger partial charge < -0.3 is 9.47 Å². The summed E-state index contributed by atoms with van der Waals surface area (Å²) in [4.78, 5) is 11.6. The largest absolute Gasteiger partial charge is 0.469 e. The average molecular weight is 252 g/mol. The zero-order valence-corrected chi connectivity index (χ0v) is 11.9. The van der Waals surface area contributed by atoms with Crippen molar-refractivity contribution in [1.82, 2.24) is 0 Å². The number of carbonyl (C=O) groups excluding carboxylic acids is 1. The summed E-state index contributed by atoms with van der Waals surface area (Å²) in [7, 11) is 3.08. The molecule has 102 valence electrons. The first-order chi connectivity index (χ1) is 8.58. The van der Waals surface area contributed by atoms with E-state index >= 15 is 0 Å². The van der Waals surface area contributed by atoms with Gasteiger partial charge in [0.05, 0.1) is 19.1 Å². The zero-order valence-electron chi connectivity index (χ0n) is 11.9. The highest BCUT2D eigenvalue weighted by molar-refractivity contribution is 5.73. The third-order valence-corrected chi connectivity index (χ3v) is 3.37. The van der Waals surface area contributed by atoms with Crippen LogP contribution in [0.5, 0.6) is 0 Å². The number of carbonyl (C=O) groups is 1. The predicted molar refractivity (Wildman–Crippen MR) is 72.3 cm³/mol.